The van der Waals surface area contributed by atoms with Crippen LogP contribution in [-0.2, 0) is 20.6 Å². The van der Waals surface area contributed by atoms with Crippen molar-refractivity contribution in [3.8, 4) is 5.88 Å². The molecule has 0 saturated heterocycles. The normalized spacial score (nSPS) is 11.8. The van der Waals surface area contributed by atoms with Crippen molar-refractivity contribution in [1.29, 1.82) is 0 Å². The zero-order chi connectivity index (χ0) is 21.9. The van der Waals surface area contributed by atoms with Gasteiger partial charge in [0.1, 0.15) is 5.82 Å². The Kier molecular flexibility index (Phi) is 4.37. The summed E-state index contributed by atoms with van der Waals surface area (Å²) in [5.41, 5.74) is -1.07. The quantitative estimate of drug-likeness (QED) is 0.541. The molecule has 4 aromatic rings. The smallest absolute Gasteiger partial charge is 0.332 e. The van der Waals surface area contributed by atoms with E-state index >= 15 is 0 Å². The van der Waals surface area contributed by atoms with E-state index in [4.69, 9.17) is 0 Å². The van der Waals surface area contributed by atoms with Crippen molar-refractivity contribution in [2.45, 2.75) is 26.3 Å². The molecule has 0 aliphatic rings. The number of aromatic hydroxyl groups is 1. The highest BCUT2D eigenvalue weighted by atomic mass is 19.1. The van der Waals surface area contributed by atoms with Crippen molar-refractivity contribution < 1.29 is 9.50 Å². The minimum Gasteiger partial charge on any atom is -0.494 e. The number of benzene rings is 1. The SMILES string of the molecule is CC(C)c1c(O)n(Cc2ccc(F)cc2)c2nc3c(c(=O)n(C)c(=O)n3C)n2c1=O. The van der Waals surface area contributed by atoms with Gasteiger partial charge in [-0.05, 0) is 23.6 Å². The van der Waals surface area contributed by atoms with Crippen LogP contribution in [0.2, 0.25) is 0 Å². The zero-order valence-electron chi connectivity index (χ0n) is 16.9. The van der Waals surface area contributed by atoms with Crippen molar-refractivity contribution in [3.05, 3.63) is 72.4 Å². The van der Waals surface area contributed by atoms with E-state index < -0.39 is 22.6 Å². The van der Waals surface area contributed by atoms with Gasteiger partial charge in [-0.15, -0.1) is 0 Å². The standard InChI is InChI=1S/C20H20FN5O4/c1-10(2)13-16(27)25(9-11-5-7-12(21)8-6-11)19-22-15-14(26(19)17(13)28)18(29)24(4)20(30)23(15)3/h5-8,10,27H,9H2,1-4H3. The lowest BCUT2D eigenvalue weighted by Crippen LogP contribution is -2.38. The van der Waals surface area contributed by atoms with Crippen LogP contribution >= 0.6 is 0 Å². The second-order valence-corrected chi connectivity index (χ2v) is 7.53. The van der Waals surface area contributed by atoms with Gasteiger partial charge >= 0.3 is 5.69 Å². The maximum atomic E-state index is 13.3. The third-order valence-electron chi connectivity index (χ3n) is 5.24. The molecule has 9 nitrogen and oxygen atoms in total. The summed E-state index contributed by atoms with van der Waals surface area (Å²) in [5, 5.41) is 10.9. The minimum atomic E-state index is -0.661. The predicted octanol–water partition coefficient (Wildman–Crippen LogP) is 1.06. The van der Waals surface area contributed by atoms with Crippen LogP contribution in [0.5, 0.6) is 5.88 Å². The number of hydrogen-bond acceptors (Lipinski definition) is 5. The Bertz CT molecular complexity index is 1490. The van der Waals surface area contributed by atoms with E-state index in [9.17, 15) is 23.9 Å². The molecule has 0 saturated carbocycles. The molecule has 3 heterocycles. The zero-order valence-corrected chi connectivity index (χ0v) is 16.9. The van der Waals surface area contributed by atoms with Crippen molar-refractivity contribution in [1.82, 2.24) is 23.1 Å². The van der Waals surface area contributed by atoms with Gasteiger partial charge in [-0.2, -0.15) is 4.98 Å². The van der Waals surface area contributed by atoms with Gasteiger partial charge in [0, 0.05) is 14.1 Å². The molecular weight excluding hydrogens is 393 g/mol. The number of imidazole rings is 1. The van der Waals surface area contributed by atoms with Gasteiger partial charge in [0.25, 0.3) is 11.1 Å². The lowest BCUT2D eigenvalue weighted by atomic mass is 10.1. The van der Waals surface area contributed by atoms with Crippen molar-refractivity contribution in [2.75, 3.05) is 0 Å². The number of aromatic nitrogens is 5. The van der Waals surface area contributed by atoms with Crippen LogP contribution < -0.4 is 16.8 Å². The van der Waals surface area contributed by atoms with E-state index in [0.29, 0.717) is 5.56 Å². The van der Waals surface area contributed by atoms with Gasteiger partial charge < -0.3 is 5.11 Å². The first-order valence-corrected chi connectivity index (χ1v) is 9.31. The average molecular weight is 413 g/mol. The molecule has 0 unspecified atom stereocenters. The molecule has 0 bridgehead atoms. The van der Waals surface area contributed by atoms with Gasteiger partial charge in [-0.1, -0.05) is 26.0 Å². The predicted molar refractivity (Wildman–Crippen MR) is 109 cm³/mol. The molecule has 0 amide bonds. The summed E-state index contributed by atoms with van der Waals surface area (Å²) in [6.07, 6.45) is 0. The fourth-order valence-electron chi connectivity index (χ4n) is 3.64. The highest BCUT2D eigenvalue weighted by Gasteiger charge is 2.25. The molecule has 1 N–H and O–H groups in total. The number of nitrogens with zero attached hydrogens (tertiary/aromatic N) is 5. The molecule has 30 heavy (non-hydrogen) atoms. The monoisotopic (exact) mass is 413 g/mol. The first kappa shape index (κ1) is 19.6. The Labute approximate surface area is 168 Å². The summed E-state index contributed by atoms with van der Waals surface area (Å²) in [6, 6.07) is 5.68. The Morgan fingerprint density at radius 3 is 2.27 bits per heavy atom. The third kappa shape index (κ3) is 2.67. The molecule has 1 aromatic carbocycles. The van der Waals surface area contributed by atoms with Crippen molar-refractivity contribution in [2.24, 2.45) is 14.1 Å². The van der Waals surface area contributed by atoms with E-state index in [1.165, 1.54) is 35.4 Å². The molecular formula is C20H20FN5O4. The average Bonchev–Trinajstić information content (AvgIpc) is 3.10. The summed E-state index contributed by atoms with van der Waals surface area (Å²) >= 11 is 0. The van der Waals surface area contributed by atoms with Crippen LogP contribution in [0.15, 0.2) is 38.6 Å². The van der Waals surface area contributed by atoms with Crippen LogP contribution in [-0.4, -0.2) is 28.2 Å². The molecule has 3 aromatic heterocycles. The second-order valence-electron chi connectivity index (χ2n) is 7.53. The summed E-state index contributed by atoms with van der Waals surface area (Å²) in [6.45, 7) is 3.57. The van der Waals surface area contributed by atoms with Gasteiger partial charge in [0.2, 0.25) is 11.7 Å². The maximum absolute atomic E-state index is 13.3. The van der Waals surface area contributed by atoms with Crippen molar-refractivity contribution >= 4 is 16.9 Å². The first-order chi connectivity index (χ1) is 14.1. The van der Waals surface area contributed by atoms with E-state index in [1.54, 1.807) is 26.0 Å². The minimum absolute atomic E-state index is 0.0134. The molecule has 0 aliphatic heterocycles. The third-order valence-corrected chi connectivity index (χ3v) is 5.24. The Hall–Kier alpha value is -3.69. The van der Waals surface area contributed by atoms with E-state index in [0.717, 1.165) is 8.97 Å². The lowest BCUT2D eigenvalue weighted by molar-refractivity contribution is 0.408. The first-order valence-electron chi connectivity index (χ1n) is 9.31. The summed E-state index contributed by atoms with van der Waals surface area (Å²) in [7, 11) is 2.78. The summed E-state index contributed by atoms with van der Waals surface area (Å²) in [5.74, 6) is -1.03. The van der Waals surface area contributed by atoms with E-state index in [2.05, 4.69) is 4.98 Å². The fraction of sp³-hybridized carbons (Fsp3) is 0.300. The number of aryl methyl sites for hydroxylation is 1. The number of rotatable bonds is 3. The Morgan fingerprint density at radius 2 is 1.67 bits per heavy atom. The van der Waals surface area contributed by atoms with E-state index in [1.807, 2.05) is 0 Å². The second kappa shape index (κ2) is 6.68. The van der Waals surface area contributed by atoms with E-state index in [-0.39, 0.29) is 40.8 Å². The molecule has 0 fully saturated rings. The molecule has 4 rings (SSSR count). The molecule has 0 atom stereocenters. The molecule has 156 valence electrons. The lowest BCUT2D eigenvalue weighted by Gasteiger charge is -2.16. The maximum Gasteiger partial charge on any atom is 0.332 e. The number of halogens is 1. The summed E-state index contributed by atoms with van der Waals surface area (Å²) in [4.78, 5) is 42.8. The Balaban J connectivity index is 2.21. The number of fused-ring (bicyclic) bond motifs is 3. The molecule has 0 aliphatic carbocycles. The molecule has 10 heteroatoms. The largest absolute Gasteiger partial charge is 0.494 e. The molecule has 0 radical (unpaired) electrons. The van der Waals surface area contributed by atoms with Crippen LogP contribution in [0.3, 0.4) is 0 Å². The summed E-state index contributed by atoms with van der Waals surface area (Å²) < 4.78 is 17.9. The van der Waals surface area contributed by atoms with Gasteiger partial charge in [-0.25, -0.2) is 13.6 Å². The highest BCUT2D eigenvalue weighted by Crippen LogP contribution is 2.26. The van der Waals surface area contributed by atoms with Gasteiger partial charge in [-0.3, -0.25) is 23.3 Å². The Morgan fingerprint density at radius 1 is 1.03 bits per heavy atom. The van der Waals surface area contributed by atoms with Crippen molar-refractivity contribution in [3.63, 3.8) is 0 Å². The number of hydrogen-bond donors (Lipinski definition) is 1. The van der Waals surface area contributed by atoms with Crippen LogP contribution in [0.25, 0.3) is 16.9 Å². The highest BCUT2D eigenvalue weighted by molar-refractivity contribution is 5.75. The van der Waals surface area contributed by atoms with Crippen LogP contribution in [0.1, 0.15) is 30.9 Å². The molecule has 0 spiro atoms. The van der Waals surface area contributed by atoms with Crippen LogP contribution in [0, 0.1) is 5.82 Å². The fourth-order valence-corrected chi connectivity index (χ4v) is 3.64. The van der Waals surface area contributed by atoms with Gasteiger partial charge in [0.05, 0.1) is 12.1 Å². The topological polar surface area (TPSA) is 104 Å². The van der Waals surface area contributed by atoms with Crippen LogP contribution in [0.4, 0.5) is 4.39 Å². The van der Waals surface area contributed by atoms with Gasteiger partial charge in [0.15, 0.2) is 11.2 Å².